The topological polar surface area (TPSA) is 243 Å². The molecule has 79 heavy (non-hydrogen) atoms. The zero-order valence-corrected chi connectivity index (χ0v) is 50.7. The van der Waals surface area contributed by atoms with E-state index >= 15 is 9.59 Å². The monoisotopic (exact) mass is 1130 g/mol. The van der Waals surface area contributed by atoms with Crippen LogP contribution in [0.4, 0.5) is 4.79 Å². The van der Waals surface area contributed by atoms with Crippen LogP contribution in [0.15, 0.2) is 0 Å². The van der Waals surface area contributed by atoms with Crippen LogP contribution in [0.25, 0.3) is 0 Å². The molecule has 0 radical (unpaired) electrons. The molecule has 0 aromatic rings. The molecule has 5 rings (SSSR count). The molecular formula is C58H100N2O19. The molecule has 24 atom stereocenters. The van der Waals surface area contributed by atoms with E-state index in [-0.39, 0.29) is 69.2 Å². The van der Waals surface area contributed by atoms with Crippen molar-refractivity contribution < 1.29 is 91.0 Å². The zero-order valence-electron chi connectivity index (χ0n) is 50.7. The summed E-state index contributed by atoms with van der Waals surface area (Å²) in [4.78, 5) is 77.1. The number of Topliss-reactive ketones (excluding diaryl/α,β-unsaturated/α-hetero) is 2. The highest BCUT2D eigenvalue weighted by molar-refractivity contribution is 5.91. The van der Waals surface area contributed by atoms with Gasteiger partial charge in [-0.2, -0.15) is 0 Å². The third-order valence-corrected chi connectivity index (χ3v) is 16.7. The van der Waals surface area contributed by atoms with Crippen LogP contribution in [0, 0.1) is 41.4 Å². The molecule has 0 unspecified atom stereocenters. The molecule has 0 aromatic carbocycles. The zero-order chi connectivity index (χ0) is 59.0. The van der Waals surface area contributed by atoms with Gasteiger partial charge >= 0.3 is 18.0 Å². The minimum atomic E-state index is -1.96. The number of morpholine rings is 1. The molecule has 0 spiro atoms. The number of hydrogen-bond donors (Lipinski definition) is 2. The minimum absolute atomic E-state index is 0.00586. The number of methoxy groups -OCH3 is 2. The van der Waals surface area contributed by atoms with E-state index in [0.29, 0.717) is 13.0 Å². The Bertz CT molecular complexity index is 1970. The molecule has 456 valence electrons. The number of amides is 1. The van der Waals surface area contributed by atoms with E-state index in [9.17, 15) is 24.6 Å². The molecule has 21 nitrogen and oxygen atoms in total. The van der Waals surface area contributed by atoms with Crippen LogP contribution in [-0.4, -0.2) is 206 Å². The van der Waals surface area contributed by atoms with Gasteiger partial charge in [-0.1, -0.05) is 55.4 Å². The highest BCUT2D eigenvalue weighted by Crippen LogP contribution is 2.41. The first-order valence-corrected chi connectivity index (χ1v) is 29.2. The highest BCUT2D eigenvalue weighted by atomic mass is 16.7. The number of carbonyl (C=O) groups excluding carboxylic acids is 5. The fraction of sp³-hybridized carbons (Fsp3) is 0.914. The molecule has 1 amide bonds. The largest absolute Gasteiger partial charge is 0.461 e. The maximum absolute atomic E-state index is 15.9. The van der Waals surface area contributed by atoms with Crippen LogP contribution in [0.5, 0.6) is 0 Å². The second-order valence-corrected chi connectivity index (χ2v) is 24.6. The van der Waals surface area contributed by atoms with Gasteiger partial charge in [0.1, 0.15) is 30.5 Å². The summed E-state index contributed by atoms with van der Waals surface area (Å²) in [7, 11) is 2.91. The Labute approximate surface area is 470 Å². The van der Waals surface area contributed by atoms with E-state index in [4.69, 9.17) is 56.8 Å². The van der Waals surface area contributed by atoms with Crippen LogP contribution in [0.3, 0.4) is 0 Å². The van der Waals surface area contributed by atoms with Crippen LogP contribution in [0.1, 0.15) is 143 Å². The van der Waals surface area contributed by atoms with Crippen LogP contribution < -0.4 is 0 Å². The second-order valence-electron chi connectivity index (χ2n) is 24.6. The van der Waals surface area contributed by atoms with Crippen molar-refractivity contribution in [2.45, 2.75) is 253 Å². The number of aliphatic hydroxyl groups excluding tert-OH is 2. The minimum Gasteiger partial charge on any atom is -0.461 e. The summed E-state index contributed by atoms with van der Waals surface area (Å²) in [5.41, 5.74) is -1.96. The molecule has 0 aromatic heterocycles. The Morgan fingerprint density at radius 2 is 1.37 bits per heavy atom. The molecule has 5 heterocycles. The molecule has 5 aliphatic heterocycles. The van der Waals surface area contributed by atoms with Crippen LogP contribution in [0.2, 0.25) is 0 Å². The van der Waals surface area contributed by atoms with Crippen LogP contribution >= 0.6 is 0 Å². The van der Waals surface area contributed by atoms with Gasteiger partial charge < -0.3 is 72.0 Å². The summed E-state index contributed by atoms with van der Waals surface area (Å²) >= 11 is 0. The number of ketones is 2. The van der Waals surface area contributed by atoms with Gasteiger partial charge in [0.2, 0.25) is 0 Å². The maximum Gasteiger partial charge on any atom is 0.410 e. The van der Waals surface area contributed by atoms with Crippen molar-refractivity contribution in [3.8, 4) is 0 Å². The third kappa shape index (κ3) is 17.1. The SMILES string of the molecule is CCCN1C[C@H](C)O[C@@H](O[C@H]2[C@H](C)[C@@H](O[C@@H]3O[C@H](C)CC(=O)[C@H]3O)[C@@H](C)C[C@](C)(OC(=O)N3C[C@@H](C)O[C@@H](C)C3)C(=O)[C@H](C)[C@H](OC(=O)CC(C)C)[C@@H](C)[C@@H]([C@@H](C)CO[C@@H]3O[C@H](C)[C@@H](O)[C@@H](OC)[C@H]3OC)OC(=O)[C@@H]2C)C[C@H]1C. The molecule has 5 aliphatic rings. The lowest BCUT2D eigenvalue weighted by molar-refractivity contribution is -0.305. The lowest BCUT2D eigenvalue weighted by Crippen LogP contribution is -2.59. The summed E-state index contributed by atoms with van der Waals surface area (Å²) < 4.78 is 76.4. The first-order chi connectivity index (χ1) is 37.0. The summed E-state index contributed by atoms with van der Waals surface area (Å²) in [6.07, 6.45) is -14.1. The summed E-state index contributed by atoms with van der Waals surface area (Å²) in [6, 6.07) is 0.0220. The lowest BCUT2D eigenvalue weighted by atomic mass is 9.74. The number of cyclic esters (lactones) is 1. The Morgan fingerprint density at radius 1 is 0.734 bits per heavy atom. The first kappa shape index (κ1) is 66.9. The standard InChI is InChI=1S/C58H100N2O19/c1-19-20-59-25-36(10)72-44(22-32(59)6)76-50-37(11)47(78-55-46(64)42(61)23-33(7)73-55)30(4)24-58(16,79-57(67)60-26-34(8)71-35(9)27-60)53(65)39(13)49(75-43(62)21-29(2)3)38(12)48(77-54(66)40(50)14)31(5)28-70-56-52(69-18)51(68-17)45(63)41(15)74-56/h29-41,44-52,55-56,63-64H,19-28H2,1-18H3/t30-,31-,32+,33+,34-,35+,36-,37+,38-,39+,40+,41+,44-,45+,46+,47-,48+,49+,50-,51+,52+,55-,56+,58-/m0/s1. The first-order valence-electron chi connectivity index (χ1n) is 29.2. The van der Waals surface area contributed by atoms with Gasteiger partial charge in [0.25, 0.3) is 0 Å². The number of nitrogens with zero attached hydrogens (tertiary/aromatic N) is 2. The fourth-order valence-corrected chi connectivity index (χ4v) is 12.6. The second kappa shape index (κ2) is 29.5. The van der Waals surface area contributed by atoms with E-state index in [1.165, 1.54) is 19.1 Å². The molecule has 21 heteroatoms. The molecule has 0 bridgehead atoms. The molecule has 0 saturated carbocycles. The molecule has 5 saturated heterocycles. The number of hydrogen-bond acceptors (Lipinski definition) is 20. The quantitative estimate of drug-likeness (QED) is 0.136. The van der Waals surface area contributed by atoms with E-state index in [2.05, 4.69) is 18.7 Å². The van der Waals surface area contributed by atoms with Crippen LogP contribution in [-0.2, 0) is 76.0 Å². The van der Waals surface area contributed by atoms with Crippen molar-refractivity contribution in [2.75, 3.05) is 47.0 Å². The fourth-order valence-electron chi connectivity index (χ4n) is 12.6. The van der Waals surface area contributed by atoms with Gasteiger partial charge in [-0.05, 0) is 86.6 Å². The number of esters is 2. The Hall–Kier alpha value is -2.93. The molecular weight excluding hydrogens is 1030 g/mol. The number of aliphatic hydroxyl groups is 2. The molecule has 5 fully saturated rings. The van der Waals surface area contributed by atoms with Crippen molar-refractivity contribution in [2.24, 2.45) is 41.4 Å². The van der Waals surface area contributed by atoms with Crippen molar-refractivity contribution in [1.29, 1.82) is 0 Å². The van der Waals surface area contributed by atoms with Crippen molar-refractivity contribution in [1.82, 2.24) is 9.80 Å². The van der Waals surface area contributed by atoms with Gasteiger partial charge in [-0.25, -0.2) is 4.79 Å². The Kier molecular flexibility index (Phi) is 25.0. The van der Waals surface area contributed by atoms with E-state index in [0.717, 1.165) is 13.0 Å². The van der Waals surface area contributed by atoms with Gasteiger partial charge in [-0.15, -0.1) is 0 Å². The number of carbonyl (C=O) groups is 5. The van der Waals surface area contributed by atoms with Gasteiger partial charge in [0, 0.05) is 63.8 Å². The van der Waals surface area contributed by atoms with Crippen molar-refractivity contribution in [3.05, 3.63) is 0 Å². The summed E-state index contributed by atoms with van der Waals surface area (Å²) in [5, 5.41) is 22.4. The highest BCUT2D eigenvalue weighted by Gasteiger charge is 2.53. The smallest absolute Gasteiger partial charge is 0.410 e. The summed E-state index contributed by atoms with van der Waals surface area (Å²) in [6.45, 7) is 30.8. The van der Waals surface area contributed by atoms with E-state index < -0.39 is 151 Å². The van der Waals surface area contributed by atoms with Gasteiger partial charge in [0.05, 0.1) is 74.3 Å². The molecule has 0 aliphatic carbocycles. The number of ether oxygens (including phenoxy) is 12. The summed E-state index contributed by atoms with van der Waals surface area (Å²) in [5.74, 6) is -7.97. The molecule has 2 N–H and O–H groups in total. The maximum atomic E-state index is 15.9. The third-order valence-electron chi connectivity index (χ3n) is 16.7. The predicted molar refractivity (Wildman–Crippen MR) is 288 cm³/mol. The average Bonchev–Trinajstić information content (AvgIpc) is 3.50. The lowest BCUT2D eigenvalue weighted by Gasteiger charge is -2.45. The van der Waals surface area contributed by atoms with Gasteiger partial charge in [0.15, 0.2) is 42.1 Å². The Morgan fingerprint density at radius 3 is 1.97 bits per heavy atom. The Balaban J connectivity index is 1.71. The average molecular weight is 1130 g/mol. The van der Waals surface area contributed by atoms with Gasteiger partial charge in [-0.3, -0.25) is 24.1 Å². The normalized spacial score (nSPS) is 42.2. The van der Waals surface area contributed by atoms with E-state index in [1.807, 2.05) is 48.5 Å². The van der Waals surface area contributed by atoms with Crippen molar-refractivity contribution >= 4 is 29.6 Å². The van der Waals surface area contributed by atoms with E-state index in [1.54, 1.807) is 48.5 Å². The van der Waals surface area contributed by atoms with Crippen molar-refractivity contribution in [3.63, 3.8) is 0 Å². The predicted octanol–water partition coefficient (Wildman–Crippen LogP) is 5.87. The number of rotatable bonds is 16.